The van der Waals surface area contributed by atoms with E-state index >= 15 is 0 Å². The third-order valence-electron chi connectivity index (χ3n) is 3.84. The molecular weight excluding hydrogens is 381 g/mol. The van der Waals surface area contributed by atoms with Gasteiger partial charge in [-0.2, -0.15) is 0 Å². The summed E-state index contributed by atoms with van der Waals surface area (Å²) in [4.78, 5) is 37.9. The van der Waals surface area contributed by atoms with Crippen molar-refractivity contribution in [3.8, 4) is 0 Å². The fraction of sp³-hybridized carbons (Fsp3) is 0.471. The maximum Gasteiger partial charge on any atom is 0.308 e. The molecule has 1 heterocycles. The summed E-state index contributed by atoms with van der Waals surface area (Å²) < 4.78 is 5.02. The Labute approximate surface area is 162 Å². The first-order chi connectivity index (χ1) is 12.4. The van der Waals surface area contributed by atoms with Crippen molar-refractivity contribution in [3.63, 3.8) is 0 Å². The molecule has 0 radical (unpaired) electrons. The summed E-state index contributed by atoms with van der Waals surface area (Å²) in [5.41, 5.74) is 0.560. The van der Waals surface area contributed by atoms with E-state index in [-0.39, 0.29) is 31.4 Å². The van der Waals surface area contributed by atoms with Crippen LogP contribution in [0, 0.1) is 0 Å². The first-order valence-electron chi connectivity index (χ1n) is 8.34. The molecule has 2 N–H and O–H groups in total. The fourth-order valence-corrected chi connectivity index (χ4v) is 3.03. The number of carbonyl (C=O) groups excluding carboxylic acids is 3. The van der Waals surface area contributed by atoms with E-state index in [9.17, 15) is 14.4 Å². The lowest BCUT2D eigenvalue weighted by molar-refractivity contribution is -0.151. The van der Waals surface area contributed by atoms with E-state index < -0.39 is 12.0 Å². The molecule has 1 saturated heterocycles. The molecule has 9 heteroatoms. The highest BCUT2D eigenvalue weighted by molar-refractivity contribution is 6.36. The number of nitrogens with one attached hydrogen (secondary N) is 2. The summed E-state index contributed by atoms with van der Waals surface area (Å²) in [6.45, 7) is 2.77. The van der Waals surface area contributed by atoms with Gasteiger partial charge in [-0.1, -0.05) is 30.1 Å². The Kier molecular flexibility index (Phi) is 7.53. The first-order valence-corrected chi connectivity index (χ1v) is 9.09. The summed E-state index contributed by atoms with van der Waals surface area (Å²) >= 11 is 11.9. The van der Waals surface area contributed by atoms with Crippen LogP contribution in [0.3, 0.4) is 0 Å². The van der Waals surface area contributed by atoms with Gasteiger partial charge in [-0.15, -0.1) is 0 Å². The van der Waals surface area contributed by atoms with Crippen LogP contribution in [0.1, 0.15) is 19.8 Å². The molecule has 1 aliphatic rings. The van der Waals surface area contributed by atoms with Crippen molar-refractivity contribution in [2.75, 3.05) is 31.6 Å². The topological polar surface area (TPSA) is 87.7 Å². The minimum absolute atomic E-state index is 0.0604. The molecule has 2 amide bonds. The zero-order chi connectivity index (χ0) is 19.1. The third kappa shape index (κ3) is 5.51. The van der Waals surface area contributed by atoms with Crippen LogP contribution >= 0.6 is 23.2 Å². The molecule has 1 aliphatic heterocycles. The first kappa shape index (κ1) is 20.3. The SMILES string of the molecule is CCCOC(=O)CC1C(=O)NCCN1C(=O)CNc1ccc(Cl)cc1Cl. The van der Waals surface area contributed by atoms with E-state index in [0.717, 1.165) is 0 Å². The van der Waals surface area contributed by atoms with Crippen LogP contribution < -0.4 is 10.6 Å². The molecule has 142 valence electrons. The normalized spacial score (nSPS) is 16.8. The highest BCUT2D eigenvalue weighted by atomic mass is 35.5. The van der Waals surface area contributed by atoms with Gasteiger partial charge in [0.25, 0.3) is 0 Å². The lowest BCUT2D eigenvalue weighted by Gasteiger charge is -2.34. The number of halogens is 2. The van der Waals surface area contributed by atoms with Crippen molar-refractivity contribution in [2.45, 2.75) is 25.8 Å². The van der Waals surface area contributed by atoms with E-state index in [1.165, 1.54) is 4.90 Å². The Hall–Kier alpha value is -1.99. The number of hydrogen-bond acceptors (Lipinski definition) is 5. The standard InChI is InChI=1S/C17H21Cl2N3O4/c1-2-7-26-16(24)9-14-17(25)20-5-6-22(14)15(23)10-21-13-4-3-11(18)8-12(13)19/h3-4,8,14,21H,2,5-7,9-10H2,1H3,(H,20,25). The van der Waals surface area contributed by atoms with E-state index in [0.29, 0.717) is 35.2 Å². The number of esters is 1. The molecule has 0 aliphatic carbocycles. The Morgan fingerprint density at radius 1 is 1.38 bits per heavy atom. The van der Waals surface area contributed by atoms with Gasteiger partial charge in [0.15, 0.2) is 0 Å². The summed E-state index contributed by atoms with van der Waals surface area (Å²) in [5.74, 6) is -1.16. The van der Waals surface area contributed by atoms with Crippen LogP contribution in [0.15, 0.2) is 18.2 Å². The number of hydrogen-bond donors (Lipinski definition) is 2. The molecule has 26 heavy (non-hydrogen) atoms. The van der Waals surface area contributed by atoms with Crippen molar-refractivity contribution in [3.05, 3.63) is 28.2 Å². The van der Waals surface area contributed by atoms with Crippen molar-refractivity contribution >= 4 is 46.7 Å². The molecule has 0 aromatic heterocycles. The average molecular weight is 402 g/mol. The Balaban J connectivity index is 1.99. The van der Waals surface area contributed by atoms with Gasteiger partial charge in [-0.3, -0.25) is 14.4 Å². The Bertz CT molecular complexity index is 684. The largest absolute Gasteiger partial charge is 0.466 e. The second-order valence-electron chi connectivity index (χ2n) is 5.80. The summed E-state index contributed by atoms with van der Waals surface area (Å²) in [7, 11) is 0. The van der Waals surface area contributed by atoms with Gasteiger partial charge in [0.2, 0.25) is 11.8 Å². The van der Waals surface area contributed by atoms with Gasteiger partial charge in [0, 0.05) is 18.1 Å². The predicted molar refractivity (Wildman–Crippen MR) is 99.3 cm³/mol. The van der Waals surface area contributed by atoms with Gasteiger partial charge >= 0.3 is 5.97 Å². The predicted octanol–water partition coefficient (Wildman–Crippen LogP) is 2.08. The fourth-order valence-electron chi connectivity index (χ4n) is 2.55. The second-order valence-corrected chi connectivity index (χ2v) is 6.64. The van der Waals surface area contributed by atoms with Gasteiger partial charge in [-0.05, 0) is 24.6 Å². The number of anilines is 1. The van der Waals surface area contributed by atoms with Crippen molar-refractivity contribution < 1.29 is 19.1 Å². The average Bonchev–Trinajstić information content (AvgIpc) is 2.60. The maximum atomic E-state index is 12.6. The van der Waals surface area contributed by atoms with Gasteiger partial charge in [0.05, 0.1) is 30.3 Å². The third-order valence-corrected chi connectivity index (χ3v) is 4.39. The van der Waals surface area contributed by atoms with Gasteiger partial charge in [0.1, 0.15) is 6.04 Å². The Morgan fingerprint density at radius 2 is 2.15 bits per heavy atom. The van der Waals surface area contributed by atoms with Crippen molar-refractivity contribution in [1.82, 2.24) is 10.2 Å². The molecule has 1 aromatic carbocycles. The second kappa shape index (κ2) is 9.64. The van der Waals surface area contributed by atoms with Crippen molar-refractivity contribution in [1.29, 1.82) is 0 Å². The lowest BCUT2D eigenvalue weighted by Crippen LogP contribution is -2.58. The van der Waals surface area contributed by atoms with Crippen LogP contribution in [0.5, 0.6) is 0 Å². The minimum atomic E-state index is -0.872. The van der Waals surface area contributed by atoms with Crippen LogP contribution in [0.2, 0.25) is 10.0 Å². The summed E-state index contributed by atoms with van der Waals surface area (Å²) in [5, 5.41) is 6.48. The molecule has 1 fully saturated rings. The molecular formula is C17H21Cl2N3O4. The number of benzene rings is 1. The molecule has 7 nitrogen and oxygen atoms in total. The minimum Gasteiger partial charge on any atom is -0.466 e. The molecule has 2 rings (SSSR count). The maximum absolute atomic E-state index is 12.6. The van der Waals surface area contributed by atoms with Crippen LogP contribution in [-0.4, -0.2) is 55.0 Å². The highest BCUT2D eigenvalue weighted by Crippen LogP contribution is 2.25. The van der Waals surface area contributed by atoms with E-state index in [2.05, 4.69) is 10.6 Å². The summed E-state index contributed by atoms with van der Waals surface area (Å²) in [6.07, 6.45) is 0.524. The molecule has 1 atom stereocenters. The van der Waals surface area contributed by atoms with Crippen LogP contribution in [-0.2, 0) is 19.1 Å². The number of rotatable bonds is 7. The number of nitrogens with zero attached hydrogens (tertiary/aromatic N) is 1. The van der Waals surface area contributed by atoms with Crippen LogP contribution in [0.4, 0.5) is 5.69 Å². The number of ether oxygens (including phenoxy) is 1. The van der Waals surface area contributed by atoms with Gasteiger partial charge < -0.3 is 20.3 Å². The quantitative estimate of drug-likeness (QED) is 0.682. The summed E-state index contributed by atoms with van der Waals surface area (Å²) in [6, 6.07) is 4.02. The number of piperazine rings is 1. The monoisotopic (exact) mass is 401 g/mol. The highest BCUT2D eigenvalue weighted by Gasteiger charge is 2.34. The van der Waals surface area contributed by atoms with E-state index in [4.69, 9.17) is 27.9 Å². The molecule has 1 unspecified atom stereocenters. The van der Waals surface area contributed by atoms with Crippen molar-refractivity contribution in [2.24, 2.45) is 0 Å². The number of amides is 2. The zero-order valence-electron chi connectivity index (χ0n) is 14.4. The van der Waals surface area contributed by atoms with Gasteiger partial charge in [-0.25, -0.2) is 0 Å². The smallest absolute Gasteiger partial charge is 0.308 e. The zero-order valence-corrected chi connectivity index (χ0v) is 15.9. The van der Waals surface area contributed by atoms with E-state index in [1.807, 2.05) is 6.92 Å². The molecule has 0 saturated carbocycles. The lowest BCUT2D eigenvalue weighted by atomic mass is 10.1. The molecule has 0 spiro atoms. The van der Waals surface area contributed by atoms with Crippen LogP contribution in [0.25, 0.3) is 0 Å². The van der Waals surface area contributed by atoms with E-state index in [1.54, 1.807) is 18.2 Å². The molecule has 0 bridgehead atoms. The molecule has 1 aromatic rings. The number of carbonyl (C=O) groups is 3. The Morgan fingerprint density at radius 3 is 2.85 bits per heavy atom.